The zero-order chi connectivity index (χ0) is 32.7. The first-order valence-corrected chi connectivity index (χ1v) is 15.7. The molecule has 1 aliphatic heterocycles. The van der Waals surface area contributed by atoms with Crippen LogP contribution in [0.15, 0.2) is 65.6 Å². The van der Waals surface area contributed by atoms with E-state index in [2.05, 4.69) is 19.4 Å². The topological polar surface area (TPSA) is 188 Å². The maximum atomic E-state index is 13.9. The number of rotatable bonds is 8. The summed E-state index contributed by atoms with van der Waals surface area (Å²) in [5.74, 6) is -4.55. The Bertz CT molecular complexity index is 2110. The van der Waals surface area contributed by atoms with Crippen molar-refractivity contribution in [2.24, 2.45) is 0 Å². The van der Waals surface area contributed by atoms with Crippen molar-refractivity contribution in [1.82, 2.24) is 19.4 Å². The summed E-state index contributed by atoms with van der Waals surface area (Å²) < 4.78 is 112. The number of aromatic nitrogens is 2. The summed E-state index contributed by atoms with van der Waals surface area (Å²) in [5, 5.41) is 8.45. The average molecular weight is 666 g/mol. The number of amides is 1. The lowest BCUT2D eigenvalue weighted by Crippen LogP contribution is -2.31. The van der Waals surface area contributed by atoms with Crippen LogP contribution in [0.3, 0.4) is 0 Å². The van der Waals surface area contributed by atoms with Gasteiger partial charge in [0, 0.05) is 6.07 Å². The molecule has 3 aromatic carbocycles. The number of esters is 1. The first-order valence-electron chi connectivity index (χ1n) is 12.7. The predicted molar refractivity (Wildman–Crippen MR) is 147 cm³/mol. The highest BCUT2D eigenvalue weighted by molar-refractivity contribution is 7.90. The number of halogens is 4. The number of carbonyl (C=O) groups is 2. The number of sulfonamides is 2. The van der Waals surface area contributed by atoms with Gasteiger partial charge in [0.2, 0.25) is 26.0 Å². The van der Waals surface area contributed by atoms with Crippen LogP contribution in [0.1, 0.15) is 40.2 Å². The molecule has 3 N–H and O–H groups in total. The summed E-state index contributed by atoms with van der Waals surface area (Å²) in [6, 6.07) is 12.2. The summed E-state index contributed by atoms with van der Waals surface area (Å²) in [6.45, 7) is 0. The molecule has 1 aromatic heterocycles. The van der Waals surface area contributed by atoms with Crippen LogP contribution in [0.25, 0.3) is 11.0 Å². The van der Waals surface area contributed by atoms with E-state index in [0.29, 0.717) is 5.56 Å². The van der Waals surface area contributed by atoms with Crippen molar-refractivity contribution >= 4 is 43.0 Å². The van der Waals surface area contributed by atoms with E-state index in [9.17, 15) is 49.2 Å². The second kappa shape index (κ2) is 11.6. The monoisotopic (exact) mass is 665 g/mol. The van der Waals surface area contributed by atoms with Gasteiger partial charge in [0.05, 0.1) is 40.0 Å². The number of carbonyl (C=O) groups excluding carboxylic acids is 2. The largest absolute Gasteiger partial charge is 0.491 e. The molecule has 2 atom stereocenters. The lowest BCUT2D eigenvalue weighted by Gasteiger charge is -2.18. The van der Waals surface area contributed by atoms with Gasteiger partial charge in [-0.3, -0.25) is 9.52 Å². The zero-order valence-corrected chi connectivity index (χ0v) is 24.1. The zero-order valence-electron chi connectivity index (χ0n) is 22.4. The van der Waals surface area contributed by atoms with Crippen LogP contribution in [-0.4, -0.2) is 44.9 Å². The van der Waals surface area contributed by atoms with Gasteiger partial charge in [-0.2, -0.15) is 18.4 Å². The normalized spacial score (nSPS) is 17.0. The number of fused-ring (bicyclic) bond motifs is 1. The number of aromatic amines is 1. The highest BCUT2D eigenvalue weighted by atomic mass is 32.2. The van der Waals surface area contributed by atoms with E-state index >= 15 is 0 Å². The molecular formula is C27H19F4N5O7S2. The third-order valence-electron chi connectivity index (χ3n) is 6.67. The third kappa shape index (κ3) is 6.79. The van der Waals surface area contributed by atoms with Gasteiger partial charge in [0.1, 0.15) is 22.6 Å². The number of nitriles is 1. The van der Waals surface area contributed by atoms with Gasteiger partial charge < -0.3 is 9.72 Å². The summed E-state index contributed by atoms with van der Waals surface area (Å²) in [6.07, 6.45) is -5.86. The molecule has 0 radical (unpaired) electrons. The van der Waals surface area contributed by atoms with Crippen LogP contribution in [0, 0.1) is 17.1 Å². The molecule has 0 saturated carbocycles. The lowest BCUT2D eigenvalue weighted by molar-refractivity contribution is -0.189. The number of benzene rings is 3. The minimum absolute atomic E-state index is 0.0555. The highest BCUT2D eigenvalue weighted by Crippen LogP contribution is 2.33. The van der Waals surface area contributed by atoms with Gasteiger partial charge in [0.25, 0.3) is 0 Å². The molecule has 12 nitrogen and oxygen atoms in total. The lowest BCUT2D eigenvalue weighted by atomic mass is 9.97. The Hall–Kier alpha value is -4.86. The molecule has 1 amide bonds. The molecular weight excluding hydrogens is 646 g/mol. The SMILES string of the molecule is N#Cc1cc(C[C@H](NS(=O)(=O)c2cccc(F)c2)c2nc3ccc(OC(=O)C(F)(F)F)cc3[nH]2)ccc1C1CC(=O)NS1(=O)=O. The Morgan fingerprint density at radius 2 is 1.91 bits per heavy atom. The van der Waals surface area contributed by atoms with Gasteiger partial charge in [0.15, 0.2) is 0 Å². The molecule has 4 aromatic rings. The Morgan fingerprint density at radius 1 is 1.16 bits per heavy atom. The van der Waals surface area contributed by atoms with Gasteiger partial charge in [-0.05, 0) is 53.9 Å². The molecule has 0 spiro atoms. The smallest absolute Gasteiger partial charge is 0.420 e. The number of hydrogen-bond donors (Lipinski definition) is 3. The Kier molecular flexibility index (Phi) is 8.12. The summed E-state index contributed by atoms with van der Waals surface area (Å²) >= 11 is 0. The molecule has 1 saturated heterocycles. The van der Waals surface area contributed by atoms with E-state index in [1.54, 1.807) is 0 Å². The number of H-pyrrole nitrogens is 1. The Balaban J connectivity index is 1.52. The van der Waals surface area contributed by atoms with E-state index < -0.39 is 72.3 Å². The van der Waals surface area contributed by atoms with Crippen molar-refractivity contribution in [3.05, 3.63) is 89.0 Å². The van der Waals surface area contributed by atoms with Gasteiger partial charge in [-0.25, -0.2) is 35.7 Å². The Labute approximate surface area is 252 Å². The van der Waals surface area contributed by atoms with Crippen LogP contribution < -0.4 is 14.2 Å². The van der Waals surface area contributed by atoms with Crippen molar-refractivity contribution in [3.8, 4) is 11.8 Å². The quantitative estimate of drug-likeness (QED) is 0.144. The molecule has 234 valence electrons. The number of nitrogens with one attached hydrogen (secondary N) is 3. The molecule has 1 fully saturated rings. The third-order valence-corrected chi connectivity index (χ3v) is 9.83. The molecule has 1 unspecified atom stereocenters. The summed E-state index contributed by atoms with van der Waals surface area (Å²) in [5.41, 5.74) is 0.510. The molecule has 1 aliphatic rings. The van der Waals surface area contributed by atoms with Crippen molar-refractivity contribution in [1.29, 1.82) is 5.26 Å². The molecule has 45 heavy (non-hydrogen) atoms. The van der Waals surface area contributed by atoms with E-state index in [4.69, 9.17) is 0 Å². The molecule has 0 aliphatic carbocycles. The Morgan fingerprint density at radius 3 is 2.56 bits per heavy atom. The fourth-order valence-corrected chi connectivity index (χ4v) is 7.34. The first-order chi connectivity index (χ1) is 21.1. The minimum atomic E-state index is -5.25. The van der Waals surface area contributed by atoms with E-state index in [0.717, 1.165) is 30.3 Å². The van der Waals surface area contributed by atoms with Crippen molar-refractivity contribution in [2.75, 3.05) is 0 Å². The predicted octanol–water partition coefficient (Wildman–Crippen LogP) is 3.19. The molecule has 0 bridgehead atoms. The molecule has 18 heteroatoms. The maximum Gasteiger partial charge on any atom is 0.491 e. The fraction of sp³-hybridized carbons (Fsp3) is 0.185. The van der Waals surface area contributed by atoms with E-state index in [1.807, 2.05) is 10.8 Å². The fourth-order valence-electron chi connectivity index (χ4n) is 4.66. The number of ether oxygens (including phenoxy) is 1. The summed E-state index contributed by atoms with van der Waals surface area (Å²) in [4.78, 5) is 29.7. The van der Waals surface area contributed by atoms with Crippen LogP contribution in [0.4, 0.5) is 17.6 Å². The van der Waals surface area contributed by atoms with E-state index in [-0.39, 0.29) is 34.4 Å². The second-order valence-corrected chi connectivity index (χ2v) is 13.4. The minimum Gasteiger partial charge on any atom is -0.420 e. The average Bonchev–Trinajstić information content (AvgIpc) is 3.50. The van der Waals surface area contributed by atoms with Gasteiger partial charge >= 0.3 is 12.1 Å². The van der Waals surface area contributed by atoms with Crippen LogP contribution in [-0.2, 0) is 36.1 Å². The van der Waals surface area contributed by atoms with Crippen molar-refractivity contribution in [3.63, 3.8) is 0 Å². The van der Waals surface area contributed by atoms with Crippen LogP contribution in [0.2, 0.25) is 0 Å². The standard InChI is InChI=1S/C27H19F4N5O7S2/c28-16-2-1-3-18(10-16)44(39,40)35-22(25-33-20-7-5-17(11-21(20)34-25)43-26(38)27(29,30)31)9-14-4-6-19(15(8-14)13-32)23-12-24(37)36-45(23,41)42/h1-8,10-11,22-23,35H,9,12H2,(H,33,34)(H,36,37)/t22-,23?/m0/s1. The number of nitrogens with zero attached hydrogens (tertiary/aromatic N) is 2. The van der Waals surface area contributed by atoms with E-state index in [1.165, 1.54) is 30.3 Å². The summed E-state index contributed by atoms with van der Waals surface area (Å²) in [7, 11) is -8.50. The molecule has 5 rings (SSSR count). The van der Waals surface area contributed by atoms with Gasteiger partial charge in [-0.1, -0.05) is 18.2 Å². The second-order valence-electron chi connectivity index (χ2n) is 9.82. The van der Waals surface area contributed by atoms with Gasteiger partial charge in [-0.15, -0.1) is 0 Å². The number of imidazole rings is 1. The van der Waals surface area contributed by atoms with Crippen LogP contribution >= 0.6 is 0 Å². The van der Waals surface area contributed by atoms with Crippen LogP contribution in [0.5, 0.6) is 5.75 Å². The highest BCUT2D eigenvalue weighted by Gasteiger charge is 2.41. The number of hydrogen-bond acceptors (Lipinski definition) is 9. The van der Waals surface area contributed by atoms with Crippen molar-refractivity contribution in [2.45, 2.75) is 35.2 Å². The molecule has 2 heterocycles. The first kappa shape index (κ1) is 31.6. The number of alkyl halides is 3. The maximum absolute atomic E-state index is 13.9. The van der Waals surface area contributed by atoms with Crippen molar-refractivity contribution < 1.29 is 48.7 Å².